The van der Waals surface area contributed by atoms with Crippen LogP contribution in [0.4, 0.5) is 5.82 Å². The normalized spacial score (nSPS) is 13.6. The third-order valence-corrected chi connectivity index (χ3v) is 5.02. The predicted molar refractivity (Wildman–Crippen MR) is 89.1 cm³/mol. The summed E-state index contributed by atoms with van der Waals surface area (Å²) in [6, 6.07) is 5.66. The fourth-order valence-corrected chi connectivity index (χ4v) is 3.41. The van der Waals surface area contributed by atoms with Crippen LogP contribution >= 0.6 is 23.2 Å². The minimum Gasteiger partial charge on any atom is -0.369 e. The highest BCUT2D eigenvalue weighted by molar-refractivity contribution is 6.43. The van der Waals surface area contributed by atoms with Gasteiger partial charge >= 0.3 is 0 Å². The molecule has 0 saturated heterocycles. The first-order valence-electron chi connectivity index (χ1n) is 7.47. The van der Waals surface area contributed by atoms with Crippen LogP contribution in [0.2, 0.25) is 10.0 Å². The van der Waals surface area contributed by atoms with Gasteiger partial charge in [0, 0.05) is 18.0 Å². The molecule has 2 heterocycles. The third-order valence-electron chi connectivity index (χ3n) is 4.21. The van der Waals surface area contributed by atoms with E-state index >= 15 is 0 Å². The molecule has 3 rings (SSSR count). The summed E-state index contributed by atoms with van der Waals surface area (Å²) in [5.41, 5.74) is 3.38. The van der Waals surface area contributed by atoms with Crippen LogP contribution < -0.4 is 5.32 Å². The average Bonchev–Trinajstić information content (AvgIpc) is 3.07. The second-order valence-electron chi connectivity index (χ2n) is 5.39. The van der Waals surface area contributed by atoms with E-state index in [9.17, 15) is 0 Å². The SMILES string of the molecule is CCC(CC)c1nn(-c2cccc(Cl)c2Cl)c2c1CCN2. The maximum absolute atomic E-state index is 6.37. The molecule has 1 aromatic heterocycles. The Labute approximate surface area is 135 Å². The molecule has 0 fully saturated rings. The second-order valence-corrected chi connectivity index (χ2v) is 6.17. The van der Waals surface area contributed by atoms with Crippen molar-refractivity contribution < 1.29 is 0 Å². The number of nitrogens with zero attached hydrogens (tertiary/aromatic N) is 2. The van der Waals surface area contributed by atoms with Crippen LogP contribution in [0, 0.1) is 0 Å². The Morgan fingerprint density at radius 2 is 2.05 bits per heavy atom. The van der Waals surface area contributed by atoms with Crippen molar-refractivity contribution in [2.24, 2.45) is 0 Å². The summed E-state index contributed by atoms with van der Waals surface area (Å²) < 4.78 is 1.92. The van der Waals surface area contributed by atoms with E-state index in [1.54, 1.807) is 6.07 Å². The van der Waals surface area contributed by atoms with Crippen molar-refractivity contribution in [3.8, 4) is 5.69 Å². The zero-order valence-electron chi connectivity index (χ0n) is 12.3. The Morgan fingerprint density at radius 3 is 2.76 bits per heavy atom. The number of halogens is 2. The zero-order valence-corrected chi connectivity index (χ0v) is 13.8. The maximum atomic E-state index is 6.37. The lowest BCUT2D eigenvalue weighted by Gasteiger charge is -2.11. The van der Waals surface area contributed by atoms with E-state index in [1.165, 1.54) is 11.3 Å². The molecule has 0 bridgehead atoms. The lowest BCUT2D eigenvalue weighted by Crippen LogP contribution is -2.07. The molecule has 112 valence electrons. The molecule has 1 aliphatic heterocycles. The van der Waals surface area contributed by atoms with Gasteiger partial charge in [-0.25, -0.2) is 4.68 Å². The molecule has 2 aromatic rings. The summed E-state index contributed by atoms with van der Waals surface area (Å²) in [7, 11) is 0. The van der Waals surface area contributed by atoms with E-state index < -0.39 is 0 Å². The first-order valence-corrected chi connectivity index (χ1v) is 8.23. The number of hydrogen-bond acceptors (Lipinski definition) is 2. The van der Waals surface area contributed by atoms with Gasteiger partial charge in [-0.2, -0.15) is 5.10 Å². The number of hydrogen-bond donors (Lipinski definition) is 1. The molecule has 0 aliphatic carbocycles. The molecule has 0 saturated carbocycles. The van der Waals surface area contributed by atoms with Crippen LogP contribution in [0.3, 0.4) is 0 Å². The topological polar surface area (TPSA) is 29.9 Å². The van der Waals surface area contributed by atoms with E-state index in [2.05, 4.69) is 19.2 Å². The summed E-state index contributed by atoms with van der Waals surface area (Å²) in [5, 5.41) is 9.40. The monoisotopic (exact) mass is 323 g/mol. The average molecular weight is 324 g/mol. The summed E-state index contributed by atoms with van der Waals surface area (Å²) in [6.45, 7) is 5.39. The molecular weight excluding hydrogens is 305 g/mol. The fraction of sp³-hybridized carbons (Fsp3) is 0.438. The first kappa shape index (κ1) is 14.7. The number of fused-ring (bicyclic) bond motifs is 1. The molecule has 1 aliphatic rings. The zero-order chi connectivity index (χ0) is 15.0. The maximum Gasteiger partial charge on any atom is 0.133 e. The van der Waals surface area contributed by atoms with Gasteiger partial charge in [0.15, 0.2) is 0 Å². The molecule has 0 amide bonds. The van der Waals surface area contributed by atoms with Crippen LogP contribution in [0.5, 0.6) is 0 Å². The van der Waals surface area contributed by atoms with Gasteiger partial charge in [-0.1, -0.05) is 43.1 Å². The highest BCUT2D eigenvalue weighted by atomic mass is 35.5. The minimum absolute atomic E-state index is 0.498. The van der Waals surface area contributed by atoms with Gasteiger partial charge in [-0.15, -0.1) is 0 Å². The Morgan fingerprint density at radius 1 is 1.29 bits per heavy atom. The third kappa shape index (κ3) is 2.43. The Bertz CT molecular complexity index is 660. The number of anilines is 1. The molecule has 1 N–H and O–H groups in total. The van der Waals surface area contributed by atoms with E-state index in [-0.39, 0.29) is 0 Å². The first-order chi connectivity index (χ1) is 10.2. The lowest BCUT2D eigenvalue weighted by molar-refractivity contribution is 0.607. The van der Waals surface area contributed by atoms with Gasteiger partial charge in [0.1, 0.15) is 5.82 Å². The van der Waals surface area contributed by atoms with Gasteiger partial charge in [-0.3, -0.25) is 0 Å². The molecule has 21 heavy (non-hydrogen) atoms. The Kier molecular flexibility index (Phi) is 4.14. The molecule has 0 atom stereocenters. The molecule has 0 unspecified atom stereocenters. The number of nitrogens with one attached hydrogen (secondary N) is 1. The fourth-order valence-electron chi connectivity index (χ4n) is 3.03. The highest BCUT2D eigenvalue weighted by Crippen LogP contribution is 2.37. The molecule has 1 aromatic carbocycles. The van der Waals surface area contributed by atoms with Crippen LogP contribution in [-0.2, 0) is 6.42 Å². The van der Waals surface area contributed by atoms with Crippen molar-refractivity contribution in [1.82, 2.24) is 9.78 Å². The van der Waals surface area contributed by atoms with E-state index in [1.807, 2.05) is 16.8 Å². The summed E-state index contributed by atoms with van der Waals surface area (Å²) in [6.07, 6.45) is 3.23. The van der Waals surface area contributed by atoms with E-state index in [4.69, 9.17) is 28.3 Å². The van der Waals surface area contributed by atoms with Crippen molar-refractivity contribution in [1.29, 1.82) is 0 Å². The van der Waals surface area contributed by atoms with Crippen LogP contribution in [0.15, 0.2) is 18.2 Å². The van der Waals surface area contributed by atoms with Crippen molar-refractivity contribution in [2.75, 3.05) is 11.9 Å². The van der Waals surface area contributed by atoms with Gasteiger partial charge in [0.25, 0.3) is 0 Å². The number of benzene rings is 1. The van der Waals surface area contributed by atoms with Crippen molar-refractivity contribution in [3.05, 3.63) is 39.5 Å². The Balaban J connectivity index is 2.16. The highest BCUT2D eigenvalue weighted by Gasteiger charge is 2.27. The molecular formula is C16H19Cl2N3. The van der Waals surface area contributed by atoms with Crippen LogP contribution in [0.25, 0.3) is 5.69 Å². The lowest BCUT2D eigenvalue weighted by atomic mass is 9.96. The summed E-state index contributed by atoms with van der Waals surface area (Å²) >= 11 is 12.5. The molecule has 0 radical (unpaired) electrons. The van der Waals surface area contributed by atoms with Gasteiger partial charge < -0.3 is 5.32 Å². The number of aromatic nitrogens is 2. The van der Waals surface area contributed by atoms with Crippen molar-refractivity contribution in [3.63, 3.8) is 0 Å². The van der Waals surface area contributed by atoms with Gasteiger partial charge in [0.05, 0.1) is 21.4 Å². The molecule has 3 nitrogen and oxygen atoms in total. The van der Waals surface area contributed by atoms with Gasteiger partial charge in [-0.05, 0) is 31.4 Å². The molecule has 5 heteroatoms. The van der Waals surface area contributed by atoms with Crippen molar-refractivity contribution in [2.45, 2.75) is 39.0 Å². The number of rotatable bonds is 4. The second kappa shape index (κ2) is 5.90. The van der Waals surface area contributed by atoms with E-state index in [0.717, 1.165) is 37.3 Å². The van der Waals surface area contributed by atoms with Crippen molar-refractivity contribution >= 4 is 29.0 Å². The largest absolute Gasteiger partial charge is 0.369 e. The predicted octanol–water partition coefficient (Wildman–Crippen LogP) is 5.05. The van der Waals surface area contributed by atoms with E-state index in [0.29, 0.717) is 16.0 Å². The smallest absolute Gasteiger partial charge is 0.133 e. The van der Waals surface area contributed by atoms with Gasteiger partial charge in [0.2, 0.25) is 0 Å². The van der Waals surface area contributed by atoms with Crippen LogP contribution in [-0.4, -0.2) is 16.3 Å². The molecule has 0 spiro atoms. The minimum atomic E-state index is 0.498. The summed E-state index contributed by atoms with van der Waals surface area (Å²) in [4.78, 5) is 0. The standard InChI is InChI=1S/C16H19Cl2N3/c1-3-10(4-2)15-11-8-9-19-16(11)21(20-15)13-7-5-6-12(17)14(13)18/h5-7,10,19H,3-4,8-9H2,1-2H3. The van der Waals surface area contributed by atoms with Crippen LogP contribution in [0.1, 0.15) is 43.9 Å². The quantitative estimate of drug-likeness (QED) is 0.853. The summed E-state index contributed by atoms with van der Waals surface area (Å²) in [5.74, 6) is 1.57. The Hall–Kier alpha value is -1.19.